The summed E-state index contributed by atoms with van der Waals surface area (Å²) >= 11 is 3.40. The second-order valence-electron chi connectivity index (χ2n) is 7.94. The number of carbonyl (C=O) groups is 2. The molecule has 2 aliphatic carbocycles. The molecule has 0 radical (unpaired) electrons. The van der Waals surface area contributed by atoms with Crippen molar-refractivity contribution in [3.05, 3.63) is 40.4 Å². The minimum Gasteiger partial charge on any atom is -0.481 e. The van der Waals surface area contributed by atoms with E-state index >= 15 is 0 Å². The van der Waals surface area contributed by atoms with Crippen LogP contribution in [-0.2, 0) is 9.59 Å². The molecule has 140 valence electrons. The van der Waals surface area contributed by atoms with Crippen LogP contribution in [0.1, 0.15) is 57.4 Å². The maximum Gasteiger partial charge on any atom is 0.313 e. The van der Waals surface area contributed by atoms with E-state index in [-0.39, 0.29) is 12.3 Å². The molecule has 2 aliphatic rings. The Balaban J connectivity index is 2.06. The summed E-state index contributed by atoms with van der Waals surface area (Å²) in [4.78, 5) is 24.6. The van der Waals surface area contributed by atoms with Gasteiger partial charge in [-0.3, -0.25) is 9.59 Å². The fourth-order valence-corrected chi connectivity index (χ4v) is 5.13. The number of hydrogen-bond donors (Lipinski definition) is 2. The van der Waals surface area contributed by atoms with Crippen LogP contribution in [0.15, 0.2) is 34.8 Å². The minimum absolute atomic E-state index is 0.0511. The number of rotatable bonds is 4. The van der Waals surface area contributed by atoms with Crippen molar-refractivity contribution in [3.8, 4) is 0 Å². The third-order valence-electron chi connectivity index (χ3n) is 6.37. The molecule has 5 heteroatoms. The normalized spacial score (nSPS) is 29.8. The van der Waals surface area contributed by atoms with Gasteiger partial charge in [-0.05, 0) is 61.8 Å². The Morgan fingerprint density at radius 2 is 1.65 bits per heavy atom. The van der Waals surface area contributed by atoms with Crippen LogP contribution in [0.2, 0.25) is 0 Å². The summed E-state index contributed by atoms with van der Waals surface area (Å²) in [6.45, 7) is 1.68. The second kappa shape index (κ2) is 7.18. The molecular formula is C21H25BrO4. The van der Waals surface area contributed by atoms with E-state index < -0.39 is 22.8 Å². The van der Waals surface area contributed by atoms with Crippen molar-refractivity contribution >= 4 is 33.4 Å². The lowest BCUT2D eigenvalue weighted by Crippen LogP contribution is -2.48. The number of aliphatic carboxylic acids is 2. The van der Waals surface area contributed by atoms with Crippen LogP contribution in [0.3, 0.4) is 0 Å². The van der Waals surface area contributed by atoms with E-state index in [0.29, 0.717) is 6.42 Å². The molecule has 2 atom stereocenters. The summed E-state index contributed by atoms with van der Waals surface area (Å²) in [7, 11) is 0. The maximum absolute atomic E-state index is 12.3. The first-order chi connectivity index (χ1) is 12.3. The van der Waals surface area contributed by atoms with Crippen molar-refractivity contribution in [1.82, 2.24) is 0 Å². The highest BCUT2D eigenvalue weighted by atomic mass is 79.9. The molecule has 1 aromatic carbocycles. The van der Waals surface area contributed by atoms with Crippen molar-refractivity contribution in [2.24, 2.45) is 16.7 Å². The molecule has 1 fully saturated rings. The molecule has 0 spiro atoms. The van der Waals surface area contributed by atoms with Crippen LogP contribution >= 0.6 is 15.9 Å². The third kappa shape index (κ3) is 3.22. The van der Waals surface area contributed by atoms with Gasteiger partial charge in [0.2, 0.25) is 0 Å². The van der Waals surface area contributed by atoms with Crippen LogP contribution in [0.4, 0.5) is 0 Å². The zero-order valence-corrected chi connectivity index (χ0v) is 16.6. The SMILES string of the molecule is CC1(C(=O)O)CC(C(=O)O)(C2CCCCC2)CC=C1c1ccc(Br)cc1. The number of halogens is 1. The third-order valence-corrected chi connectivity index (χ3v) is 6.90. The minimum atomic E-state index is -1.21. The Hall–Kier alpha value is -1.62. The monoisotopic (exact) mass is 420 g/mol. The van der Waals surface area contributed by atoms with Gasteiger partial charge in [-0.25, -0.2) is 0 Å². The average molecular weight is 421 g/mol. The average Bonchev–Trinajstić information content (AvgIpc) is 2.63. The van der Waals surface area contributed by atoms with Gasteiger partial charge in [0.25, 0.3) is 0 Å². The van der Waals surface area contributed by atoms with E-state index in [1.807, 2.05) is 30.3 Å². The quantitative estimate of drug-likeness (QED) is 0.686. The second-order valence-corrected chi connectivity index (χ2v) is 8.85. The molecular weight excluding hydrogens is 396 g/mol. The van der Waals surface area contributed by atoms with Gasteiger partial charge in [0.1, 0.15) is 0 Å². The Bertz CT molecular complexity index is 733. The van der Waals surface area contributed by atoms with Gasteiger partial charge in [-0.2, -0.15) is 0 Å². The van der Waals surface area contributed by atoms with Gasteiger partial charge in [0.05, 0.1) is 10.8 Å². The molecule has 0 saturated heterocycles. The van der Waals surface area contributed by atoms with Gasteiger partial charge in [0, 0.05) is 4.47 Å². The number of carboxylic acids is 2. The van der Waals surface area contributed by atoms with E-state index in [9.17, 15) is 19.8 Å². The predicted octanol–water partition coefficient (Wildman–Crippen LogP) is 5.37. The van der Waals surface area contributed by atoms with E-state index in [1.54, 1.807) is 6.92 Å². The molecule has 26 heavy (non-hydrogen) atoms. The van der Waals surface area contributed by atoms with E-state index in [0.717, 1.165) is 47.7 Å². The molecule has 0 aromatic heterocycles. The molecule has 4 nitrogen and oxygen atoms in total. The smallest absolute Gasteiger partial charge is 0.313 e. The molecule has 0 bridgehead atoms. The Kier molecular flexibility index (Phi) is 5.29. The Morgan fingerprint density at radius 1 is 1.04 bits per heavy atom. The molecule has 2 unspecified atom stereocenters. The van der Waals surface area contributed by atoms with Gasteiger partial charge in [0.15, 0.2) is 0 Å². The predicted molar refractivity (Wildman–Crippen MR) is 104 cm³/mol. The van der Waals surface area contributed by atoms with E-state index in [4.69, 9.17) is 0 Å². The molecule has 2 N–H and O–H groups in total. The largest absolute Gasteiger partial charge is 0.481 e. The molecule has 0 aliphatic heterocycles. The Morgan fingerprint density at radius 3 is 2.19 bits per heavy atom. The topological polar surface area (TPSA) is 74.6 Å². The Labute approximate surface area is 162 Å². The van der Waals surface area contributed by atoms with Gasteiger partial charge in [-0.1, -0.05) is 53.4 Å². The lowest BCUT2D eigenvalue weighted by atomic mass is 9.55. The zero-order valence-electron chi connectivity index (χ0n) is 15.0. The zero-order chi connectivity index (χ0) is 18.9. The van der Waals surface area contributed by atoms with Crippen molar-refractivity contribution in [2.75, 3.05) is 0 Å². The molecule has 1 aromatic rings. The highest BCUT2D eigenvalue weighted by Crippen LogP contribution is 2.56. The van der Waals surface area contributed by atoms with Crippen LogP contribution in [0.5, 0.6) is 0 Å². The first-order valence-electron chi connectivity index (χ1n) is 9.23. The standard InChI is InChI=1S/C21H25BrO4/c1-20(18(23)24)13-21(19(25)26,15-5-3-2-4-6-15)12-11-17(20)14-7-9-16(22)10-8-14/h7-11,15H,2-6,12-13H2,1H3,(H,23,24)(H,25,26). The molecule has 3 rings (SSSR count). The van der Waals surface area contributed by atoms with Gasteiger partial charge in [-0.15, -0.1) is 0 Å². The molecule has 0 amide bonds. The van der Waals surface area contributed by atoms with Gasteiger partial charge < -0.3 is 10.2 Å². The highest BCUT2D eigenvalue weighted by molar-refractivity contribution is 9.10. The van der Waals surface area contributed by atoms with Crippen LogP contribution in [0, 0.1) is 16.7 Å². The first-order valence-corrected chi connectivity index (χ1v) is 10.0. The van der Waals surface area contributed by atoms with Crippen molar-refractivity contribution in [3.63, 3.8) is 0 Å². The number of carboxylic acid groups (broad SMARTS) is 2. The van der Waals surface area contributed by atoms with Gasteiger partial charge >= 0.3 is 11.9 Å². The molecule has 0 heterocycles. The van der Waals surface area contributed by atoms with E-state index in [1.165, 1.54) is 0 Å². The summed E-state index contributed by atoms with van der Waals surface area (Å²) in [5, 5.41) is 20.2. The fourth-order valence-electron chi connectivity index (χ4n) is 4.87. The van der Waals surface area contributed by atoms with Crippen molar-refractivity contribution < 1.29 is 19.8 Å². The summed E-state index contributed by atoms with van der Waals surface area (Å²) in [6, 6.07) is 7.56. The van der Waals surface area contributed by atoms with Crippen LogP contribution in [-0.4, -0.2) is 22.2 Å². The number of benzene rings is 1. The van der Waals surface area contributed by atoms with Crippen LogP contribution in [0.25, 0.3) is 5.57 Å². The van der Waals surface area contributed by atoms with Crippen molar-refractivity contribution in [1.29, 1.82) is 0 Å². The fraction of sp³-hybridized carbons (Fsp3) is 0.524. The van der Waals surface area contributed by atoms with Crippen LogP contribution < -0.4 is 0 Å². The lowest BCUT2D eigenvalue weighted by molar-refractivity contribution is -0.160. The molecule has 1 saturated carbocycles. The first kappa shape index (κ1) is 19.2. The summed E-state index contributed by atoms with van der Waals surface area (Å²) in [6.07, 6.45) is 7.40. The summed E-state index contributed by atoms with van der Waals surface area (Å²) in [5.74, 6) is -1.74. The maximum atomic E-state index is 12.3. The van der Waals surface area contributed by atoms with Crippen molar-refractivity contribution in [2.45, 2.75) is 51.9 Å². The summed E-state index contributed by atoms with van der Waals surface area (Å²) in [5.41, 5.74) is -0.611. The number of allylic oxidation sites excluding steroid dienone is 1. The number of hydrogen-bond acceptors (Lipinski definition) is 2. The lowest BCUT2D eigenvalue weighted by Gasteiger charge is -2.47. The highest BCUT2D eigenvalue weighted by Gasteiger charge is 2.55. The van der Waals surface area contributed by atoms with E-state index in [2.05, 4.69) is 15.9 Å². The summed E-state index contributed by atoms with van der Waals surface area (Å²) < 4.78 is 0.928.